The van der Waals surface area contributed by atoms with Gasteiger partial charge in [0.25, 0.3) is 0 Å². The monoisotopic (exact) mass is 337 g/mol. The van der Waals surface area contributed by atoms with Crippen LogP contribution in [-0.4, -0.2) is 4.92 Å². The number of aryl methyl sites for hydroxylation is 1. The third-order valence-electron chi connectivity index (χ3n) is 2.91. The number of rotatable bonds is 5. The van der Waals surface area contributed by atoms with E-state index in [0.29, 0.717) is 28.0 Å². The molecule has 0 aliphatic carbocycles. The normalized spacial score (nSPS) is 10.9. The zero-order valence-corrected chi connectivity index (χ0v) is 13.3. The van der Waals surface area contributed by atoms with Crippen LogP contribution in [0.25, 0.3) is 6.08 Å². The average Bonchev–Trinajstić information content (AvgIpc) is 2.46. The first-order chi connectivity index (χ1) is 10.5. The van der Waals surface area contributed by atoms with Crippen LogP contribution >= 0.6 is 23.2 Å². The molecule has 0 amide bonds. The van der Waals surface area contributed by atoms with E-state index in [1.54, 1.807) is 12.1 Å². The van der Waals surface area contributed by atoms with Gasteiger partial charge in [-0.1, -0.05) is 53.0 Å². The Morgan fingerprint density at radius 2 is 1.77 bits per heavy atom. The number of ether oxygens (including phenoxy) is 1. The van der Waals surface area contributed by atoms with Crippen molar-refractivity contribution in [1.29, 1.82) is 0 Å². The van der Waals surface area contributed by atoms with Crippen LogP contribution < -0.4 is 4.74 Å². The third kappa shape index (κ3) is 4.48. The maximum absolute atomic E-state index is 10.3. The van der Waals surface area contributed by atoms with Crippen molar-refractivity contribution in [3.8, 4) is 5.75 Å². The van der Waals surface area contributed by atoms with Crippen LogP contribution in [0.4, 0.5) is 0 Å². The predicted molar refractivity (Wildman–Crippen MR) is 88.0 cm³/mol. The summed E-state index contributed by atoms with van der Waals surface area (Å²) in [5.74, 6) is 0.363. The molecule has 0 atom stereocenters. The maximum Gasteiger partial charge on any atom is 0.235 e. The second-order valence-corrected chi connectivity index (χ2v) is 5.50. The van der Waals surface area contributed by atoms with Gasteiger partial charge < -0.3 is 4.74 Å². The van der Waals surface area contributed by atoms with Crippen LogP contribution in [0.3, 0.4) is 0 Å². The highest BCUT2D eigenvalue weighted by Crippen LogP contribution is 2.35. The number of hydrogen-bond acceptors (Lipinski definition) is 3. The first kappa shape index (κ1) is 16.3. The van der Waals surface area contributed by atoms with Crippen LogP contribution in [0.15, 0.2) is 42.6 Å². The molecule has 0 aliphatic rings. The number of nitro groups is 1. The van der Waals surface area contributed by atoms with Gasteiger partial charge in [-0.2, -0.15) is 0 Å². The topological polar surface area (TPSA) is 52.4 Å². The van der Waals surface area contributed by atoms with Crippen molar-refractivity contribution in [2.45, 2.75) is 13.5 Å². The molecule has 0 spiro atoms. The second kappa shape index (κ2) is 7.29. The SMILES string of the molecule is Cc1ccc(COc2c(Cl)cc(C=C[N+](=O)[O-])cc2Cl)cc1. The Morgan fingerprint density at radius 3 is 2.32 bits per heavy atom. The van der Waals surface area contributed by atoms with E-state index in [0.717, 1.165) is 11.8 Å². The maximum atomic E-state index is 10.3. The average molecular weight is 338 g/mol. The molecule has 4 nitrogen and oxygen atoms in total. The fraction of sp³-hybridized carbons (Fsp3) is 0.125. The van der Waals surface area contributed by atoms with Gasteiger partial charge in [0, 0.05) is 6.08 Å². The zero-order valence-electron chi connectivity index (χ0n) is 11.8. The van der Waals surface area contributed by atoms with E-state index in [4.69, 9.17) is 27.9 Å². The Morgan fingerprint density at radius 1 is 1.18 bits per heavy atom. The molecule has 0 saturated heterocycles. The summed E-state index contributed by atoms with van der Waals surface area (Å²) in [5, 5.41) is 10.9. The molecule has 6 heteroatoms. The zero-order chi connectivity index (χ0) is 16.1. The Balaban J connectivity index is 2.14. The lowest BCUT2D eigenvalue weighted by molar-refractivity contribution is -0.400. The highest BCUT2D eigenvalue weighted by Gasteiger charge is 2.09. The standard InChI is InChI=1S/C16H13Cl2NO3/c1-11-2-4-12(5-3-11)10-22-16-14(17)8-13(9-15(16)18)6-7-19(20)21/h2-9H,10H2,1H3. The van der Waals surface area contributed by atoms with E-state index in [9.17, 15) is 10.1 Å². The Labute approximate surface area is 138 Å². The minimum atomic E-state index is -0.552. The van der Waals surface area contributed by atoms with Crippen LogP contribution in [0.2, 0.25) is 10.0 Å². The summed E-state index contributed by atoms with van der Waals surface area (Å²) >= 11 is 12.3. The second-order valence-electron chi connectivity index (χ2n) is 4.69. The van der Waals surface area contributed by atoms with Crippen molar-refractivity contribution < 1.29 is 9.66 Å². The van der Waals surface area contributed by atoms with Gasteiger partial charge in [-0.05, 0) is 30.2 Å². The van der Waals surface area contributed by atoms with Gasteiger partial charge in [0.15, 0.2) is 5.75 Å². The van der Waals surface area contributed by atoms with Gasteiger partial charge in [-0.25, -0.2) is 0 Å². The lowest BCUT2D eigenvalue weighted by atomic mass is 10.2. The summed E-state index contributed by atoms with van der Waals surface area (Å²) in [4.78, 5) is 9.77. The highest BCUT2D eigenvalue weighted by atomic mass is 35.5. The summed E-state index contributed by atoms with van der Waals surface area (Å²) in [6, 6.07) is 11.0. The number of halogens is 2. The summed E-state index contributed by atoms with van der Waals surface area (Å²) in [7, 11) is 0. The van der Waals surface area contributed by atoms with Gasteiger partial charge in [0.1, 0.15) is 6.61 Å². The Kier molecular flexibility index (Phi) is 5.41. The summed E-state index contributed by atoms with van der Waals surface area (Å²) in [6.07, 6.45) is 2.15. The van der Waals surface area contributed by atoms with Crippen molar-refractivity contribution in [3.05, 3.63) is 79.4 Å². The lowest BCUT2D eigenvalue weighted by Crippen LogP contribution is -1.97. The van der Waals surface area contributed by atoms with Crippen molar-refractivity contribution in [3.63, 3.8) is 0 Å². The smallest absolute Gasteiger partial charge is 0.235 e. The number of hydrogen-bond donors (Lipinski definition) is 0. The van der Waals surface area contributed by atoms with Crippen LogP contribution in [0.1, 0.15) is 16.7 Å². The summed E-state index contributed by atoms with van der Waals surface area (Å²) in [5.41, 5.74) is 2.70. The third-order valence-corrected chi connectivity index (χ3v) is 3.47. The molecule has 0 unspecified atom stereocenters. The summed E-state index contributed by atoms with van der Waals surface area (Å²) in [6.45, 7) is 2.35. The summed E-state index contributed by atoms with van der Waals surface area (Å²) < 4.78 is 5.65. The predicted octanol–water partition coefficient (Wildman–Crippen LogP) is 5.13. The molecule has 22 heavy (non-hydrogen) atoms. The largest absolute Gasteiger partial charge is 0.486 e. The van der Waals surface area contributed by atoms with Gasteiger partial charge in [0.05, 0.1) is 15.0 Å². The molecule has 114 valence electrons. The molecule has 2 aromatic carbocycles. The van der Waals surface area contributed by atoms with Crippen LogP contribution in [0.5, 0.6) is 5.75 Å². The molecular weight excluding hydrogens is 325 g/mol. The Bertz CT molecular complexity index is 689. The van der Waals surface area contributed by atoms with Gasteiger partial charge >= 0.3 is 0 Å². The fourth-order valence-corrected chi connectivity index (χ4v) is 2.41. The number of benzene rings is 2. The molecule has 0 N–H and O–H groups in total. The molecule has 2 rings (SSSR count). The molecule has 0 radical (unpaired) electrons. The molecule has 0 fully saturated rings. The van der Waals surface area contributed by atoms with E-state index in [-0.39, 0.29) is 0 Å². The highest BCUT2D eigenvalue weighted by molar-refractivity contribution is 6.37. The first-order valence-electron chi connectivity index (χ1n) is 6.45. The Hall–Kier alpha value is -2.04. The van der Waals surface area contributed by atoms with Crippen molar-refractivity contribution in [1.82, 2.24) is 0 Å². The minimum absolute atomic E-state index is 0.308. The molecule has 0 heterocycles. The molecule has 2 aromatic rings. The molecule has 0 saturated carbocycles. The molecular formula is C16H13Cl2NO3. The van der Waals surface area contributed by atoms with Crippen molar-refractivity contribution in [2.24, 2.45) is 0 Å². The van der Waals surface area contributed by atoms with E-state index < -0.39 is 4.92 Å². The molecule has 0 aromatic heterocycles. The first-order valence-corrected chi connectivity index (χ1v) is 7.20. The van der Waals surface area contributed by atoms with Crippen LogP contribution in [-0.2, 0) is 6.61 Å². The quantitative estimate of drug-likeness (QED) is 0.561. The van der Waals surface area contributed by atoms with Gasteiger partial charge in [-0.3, -0.25) is 10.1 Å². The van der Waals surface area contributed by atoms with Crippen LogP contribution in [0, 0.1) is 17.0 Å². The molecule has 0 aliphatic heterocycles. The number of nitrogens with zero attached hydrogens (tertiary/aromatic N) is 1. The lowest BCUT2D eigenvalue weighted by Gasteiger charge is -2.11. The van der Waals surface area contributed by atoms with E-state index in [2.05, 4.69) is 0 Å². The van der Waals surface area contributed by atoms with Gasteiger partial charge in [0.2, 0.25) is 6.20 Å². The van der Waals surface area contributed by atoms with Gasteiger partial charge in [-0.15, -0.1) is 0 Å². The molecule has 0 bridgehead atoms. The van der Waals surface area contributed by atoms with E-state index in [1.807, 2.05) is 31.2 Å². The van der Waals surface area contributed by atoms with E-state index >= 15 is 0 Å². The fourth-order valence-electron chi connectivity index (χ4n) is 1.80. The minimum Gasteiger partial charge on any atom is -0.486 e. The van der Waals surface area contributed by atoms with Crippen molar-refractivity contribution in [2.75, 3.05) is 0 Å². The van der Waals surface area contributed by atoms with Crippen molar-refractivity contribution >= 4 is 29.3 Å². The van der Waals surface area contributed by atoms with E-state index in [1.165, 1.54) is 11.6 Å².